The number of allylic oxidation sites excluding steroid dienone is 4. The number of rotatable bonds is 3. The molecule has 0 aromatic heterocycles. The summed E-state index contributed by atoms with van der Waals surface area (Å²) >= 11 is 0. The smallest absolute Gasteiger partial charge is 0.0975 e. The second kappa shape index (κ2) is 6.23. The monoisotopic (exact) mass is 315 g/mol. The molecule has 0 radical (unpaired) electrons. The van der Waals surface area contributed by atoms with Crippen LogP contribution < -0.4 is 5.73 Å². The third-order valence-corrected chi connectivity index (χ3v) is 4.86. The van der Waals surface area contributed by atoms with Gasteiger partial charge in [-0.25, -0.2) is 0 Å². The van der Waals surface area contributed by atoms with Crippen LogP contribution in [-0.4, -0.2) is 11.7 Å². The largest absolute Gasteiger partial charge is 0.384 e. The van der Waals surface area contributed by atoms with Crippen LogP contribution in [0.3, 0.4) is 0 Å². The summed E-state index contributed by atoms with van der Waals surface area (Å²) in [4.78, 5) is 0. The minimum atomic E-state index is -0.505. The minimum Gasteiger partial charge on any atom is -0.384 e. The van der Waals surface area contributed by atoms with Gasteiger partial charge >= 0.3 is 0 Å². The molecule has 2 aromatic rings. The molecular weight excluding hydrogens is 294 g/mol. The fourth-order valence-electron chi connectivity index (χ4n) is 3.71. The molecule has 2 atom stereocenters. The summed E-state index contributed by atoms with van der Waals surface area (Å²) in [5.74, 6) is 0.182. The molecule has 2 aromatic carbocycles. The van der Waals surface area contributed by atoms with Crippen LogP contribution in [0.5, 0.6) is 0 Å². The minimum absolute atomic E-state index is 0.182. The highest BCUT2D eigenvalue weighted by Crippen LogP contribution is 2.40. The van der Waals surface area contributed by atoms with Crippen molar-refractivity contribution in [1.29, 1.82) is 0 Å². The van der Waals surface area contributed by atoms with E-state index in [4.69, 9.17) is 5.73 Å². The number of hydrogen-bond donors (Lipinski definition) is 2. The lowest BCUT2D eigenvalue weighted by Gasteiger charge is -2.22. The van der Waals surface area contributed by atoms with Gasteiger partial charge in [-0.2, -0.15) is 0 Å². The number of fused-ring (bicyclic) bond motifs is 2. The summed E-state index contributed by atoms with van der Waals surface area (Å²) in [5.41, 5.74) is 13.1. The highest BCUT2D eigenvalue weighted by molar-refractivity contribution is 5.96. The van der Waals surface area contributed by atoms with Gasteiger partial charge in [0.05, 0.1) is 6.10 Å². The van der Waals surface area contributed by atoms with Gasteiger partial charge in [-0.15, -0.1) is 0 Å². The fraction of sp³-hybridized carbons (Fsp3) is 0.182. The molecule has 0 fully saturated rings. The van der Waals surface area contributed by atoms with E-state index in [1.165, 1.54) is 27.8 Å². The molecule has 2 unspecified atom stereocenters. The first-order valence-electron chi connectivity index (χ1n) is 8.45. The van der Waals surface area contributed by atoms with E-state index in [1.807, 2.05) is 24.3 Å². The predicted molar refractivity (Wildman–Crippen MR) is 99.4 cm³/mol. The van der Waals surface area contributed by atoms with Crippen molar-refractivity contribution in [2.75, 3.05) is 6.54 Å². The van der Waals surface area contributed by atoms with E-state index in [0.29, 0.717) is 6.54 Å². The Morgan fingerprint density at radius 3 is 2.42 bits per heavy atom. The molecule has 2 nitrogen and oxygen atoms in total. The zero-order valence-corrected chi connectivity index (χ0v) is 13.5. The maximum Gasteiger partial charge on any atom is 0.0975 e. The number of hydrogen-bond acceptors (Lipinski definition) is 2. The summed E-state index contributed by atoms with van der Waals surface area (Å²) in [6.07, 6.45) is 8.93. The van der Waals surface area contributed by atoms with Crippen LogP contribution in [0.25, 0.3) is 11.1 Å². The molecule has 2 aliphatic carbocycles. The Labute approximate surface area is 142 Å². The van der Waals surface area contributed by atoms with Crippen LogP contribution >= 0.6 is 0 Å². The van der Waals surface area contributed by atoms with Crippen LogP contribution in [0.15, 0.2) is 72.8 Å². The maximum atomic E-state index is 10.2. The molecule has 0 aliphatic heterocycles. The van der Waals surface area contributed by atoms with Crippen LogP contribution in [0.1, 0.15) is 40.7 Å². The number of aliphatic hydroxyl groups is 1. The van der Waals surface area contributed by atoms with Crippen LogP contribution in [0.4, 0.5) is 0 Å². The first-order valence-corrected chi connectivity index (χ1v) is 8.45. The highest BCUT2D eigenvalue weighted by Gasteiger charge is 2.22. The summed E-state index contributed by atoms with van der Waals surface area (Å²) in [5, 5.41) is 10.2. The van der Waals surface area contributed by atoms with E-state index in [2.05, 4.69) is 48.6 Å². The Hall–Kier alpha value is -2.42. The molecule has 24 heavy (non-hydrogen) atoms. The van der Waals surface area contributed by atoms with Crippen molar-refractivity contribution < 1.29 is 5.11 Å². The van der Waals surface area contributed by atoms with E-state index in [1.54, 1.807) is 0 Å². The molecular formula is C22H21NO. The van der Waals surface area contributed by atoms with Crippen molar-refractivity contribution in [2.45, 2.75) is 18.4 Å². The third kappa shape index (κ3) is 2.54. The Balaban J connectivity index is 1.78. The lowest BCUT2D eigenvalue weighted by atomic mass is 9.85. The van der Waals surface area contributed by atoms with Crippen molar-refractivity contribution in [3.05, 3.63) is 95.1 Å². The summed E-state index contributed by atoms with van der Waals surface area (Å²) in [6.45, 7) is 0.659. The van der Waals surface area contributed by atoms with Crippen molar-refractivity contribution >= 4 is 11.1 Å². The van der Waals surface area contributed by atoms with Gasteiger partial charge in [-0.3, -0.25) is 0 Å². The SMILES string of the molecule is NCCC1=C/C(=C\C2C=CC(O)c3ccccc32)c2ccccc21. The predicted octanol–water partition coefficient (Wildman–Crippen LogP) is 4.20. The molecule has 4 rings (SSSR count). The average Bonchev–Trinajstić information content (AvgIpc) is 2.96. The van der Waals surface area contributed by atoms with E-state index >= 15 is 0 Å². The quantitative estimate of drug-likeness (QED) is 0.834. The Bertz CT molecular complexity index is 860. The molecule has 0 saturated carbocycles. The zero-order chi connectivity index (χ0) is 16.5. The van der Waals surface area contributed by atoms with Crippen LogP contribution in [-0.2, 0) is 0 Å². The van der Waals surface area contributed by atoms with Gasteiger partial charge in [0, 0.05) is 5.92 Å². The first-order chi connectivity index (χ1) is 11.8. The van der Waals surface area contributed by atoms with Gasteiger partial charge < -0.3 is 10.8 Å². The summed E-state index contributed by atoms with van der Waals surface area (Å²) < 4.78 is 0. The van der Waals surface area contributed by atoms with Crippen LogP contribution in [0, 0.1) is 0 Å². The number of benzene rings is 2. The summed E-state index contributed by atoms with van der Waals surface area (Å²) in [6, 6.07) is 16.6. The highest BCUT2D eigenvalue weighted by atomic mass is 16.3. The Morgan fingerprint density at radius 2 is 1.62 bits per heavy atom. The van der Waals surface area contributed by atoms with Crippen molar-refractivity contribution in [1.82, 2.24) is 0 Å². The van der Waals surface area contributed by atoms with E-state index in [9.17, 15) is 5.11 Å². The van der Waals surface area contributed by atoms with Gasteiger partial charge in [0.25, 0.3) is 0 Å². The van der Waals surface area contributed by atoms with Gasteiger partial charge in [-0.1, -0.05) is 72.8 Å². The average molecular weight is 315 g/mol. The molecule has 0 saturated heterocycles. The second-order valence-corrected chi connectivity index (χ2v) is 6.36. The first kappa shape index (κ1) is 15.1. The van der Waals surface area contributed by atoms with Crippen molar-refractivity contribution in [3.8, 4) is 0 Å². The summed E-state index contributed by atoms with van der Waals surface area (Å²) in [7, 11) is 0. The zero-order valence-electron chi connectivity index (χ0n) is 13.5. The standard InChI is InChI=1S/C22H21NO/c23-12-11-16-14-17(20-7-2-1-5-18(16)20)13-15-9-10-22(24)21-8-4-3-6-19(15)21/h1-10,13-15,22,24H,11-12,23H2/b17-13+. The normalized spacial score (nSPS) is 23.1. The fourth-order valence-corrected chi connectivity index (χ4v) is 3.71. The van der Waals surface area contributed by atoms with Gasteiger partial charge in [0.2, 0.25) is 0 Å². The lowest BCUT2D eigenvalue weighted by Crippen LogP contribution is -2.07. The number of nitrogens with two attached hydrogens (primary N) is 1. The van der Waals surface area contributed by atoms with Gasteiger partial charge in [0.15, 0.2) is 0 Å². The number of aliphatic hydroxyl groups excluding tert-OH is 1. The van der Waals surface area contributed by atoms with Crippen molar-refractivity contribution in [2.24, 2.45) is 5.73 Å². The topological polar surface area (TPSA) is 46.2 Å². The lowest BCUT2D eigenvalue weighted by molar-refractivity contribution is 0.224. The van der Waals surface area contributed by atoms with E-state index in [-0.39, 0.29) is 5.92 Å². The molecule has 120 valence electrons. The molecule has 0 amide bonds. The third-order valence-electron chi connectivity index (χ3n) is 4.86. The van der Waals surface area contributed by atoms with Crippen molar-refractivity contribution in [3.63, 3.8) is 0 Å². The van der Waals surface area contributed by atoms with E-state index in [0.717, 1.165) is 12.0 Å². The molecule has 2 aliphatic rings. The maximum absolute atomic E-state index is 10.2. The Morgan fingerprint density at radius 1 is 0.917 bits per heavy atom. The molecule has 0 bridgehead atoms. The molecule has 0 heterocycles. The Kier molecular flexibility index (Phi) is 3.93. The van der Waals surface area contributed by atoms with Gasteiger partial charge in [0.1, 0.15) is 0 Å². The molecule has 0 spiro atoms. The molecule has 3 N–H and O–H groups in total. The second-order valence-electron chi connectivity index (χ2n) is 6.36. The van der Waals surface area contributed by atoms with Gasteiger partial charge in [-0.05, 0) is 46.4 Å². The van der Waals surface area contributed by atoms with Crippen LogP contribution in [0.2, 0.25) is 0 Å². The molecule has 2 heteroatoms. The van der Waals surface area contributed by atoms with E-state index < -0.39 is 6.10 Å².